The molecule has 0 bridgehead atoms. The lowest BCUT2D eigenvalue weighted by Crippen LogP contribution is -2.19. The van der Waals surface area contributed by atoms with Gasteiger partial charge in [0.15, 0.2) is 0 Å². The van der Waals surface area contributed by atoms with Gasteiger partial charge in [-0.1, -0.05) is 23.4 Å². The molecule has 88 valence electrons. The zero-order chi connectivity index (χ0) is 12.8. The maximum Gasteiger partial charge on any atom is 0.285 e. The number of nitrogens with zero attached hydrogens (tertiary/aromatic N) is 1. The van der Waals surface area contributed by atoms with E-state index in [0.29, 0.717) is 5.02 Å². The van der Waals surface area contributed by atoms with E-state index in [0.717, 1.165) is 0 Å². The van der Waals surface area contributed by atoms with Crippen LogP contribution in [0.15, 0.2) is 18.2 Å². The topological polar surface area (TPSA) is 72.2 Å². The largest absolute Gasteiger partial charge is 0.345 e. The average molecular weight is 253 g/mol. The number of carbonyl (C=O) groups excluding carboxylic acids is 1. The van der Waals surface area contributed by atoms with Gasteiger partial charge in [0, 0.05) is 18.0 Å². The Bertz CT molecular complexity index is 517. The lowest BCUT2D eigenvalue weighted by Gasteiger charge is -1.96. The van der Waals surface area contributed by atoms with Crippen LogP contribution in [0, 0.1) is 22.0 Å². The molecule has 0 spiro atoms. The Morgan fingerprint density at radius 1 is 1.59 bits per heavy atom. The van der Waals surface area contributed by atoms with Gasteiger partial charge in [-0.25, -0.2) is 0 Å². The highest BCUT2D eigenvalue weighted by molar-refractivity contribution is 6.30. The predicted octanol–water partition coefficient (Wildman–Crippen LogP) is 1.74. The number of amides is 1. The fourth-order valence-electron chi connectivity index (χ4n) is 1.08. The summed E-state index contributed by atoms with van der Waals surface area (Å²) in [6.45, 7) is 1.50. The minimum absolute atomic E-state index is 0.107. The molecule has 0 aliphatic rings. The molecular weight excluding hydrogens is 244 g/mol. The van der Waals surface area contributed by atoms with E-state index in [1.165, 1.54) is 25.1 Å². The zero-order valence-electron chi connectivity index (χ0n) is 8.99. The Kier molecular flexibility index (Phi) is 4.49. The molecule has 0 heterocycles. The number of hydrogen-bond acceptors (Lipinski definition) is 3. The highest BCUT2D eigenvalue weighted by atomic mass is 35.5. The van der Waals surface area contributed by atoms with Crippen LogP contribution in [0.3, 0.4) is 0 Å². The molecule has 0 saturated heterocycles. The molecule has 0 saturated carbocycles. The lowest BCUT2D eigenvalue weighted by atomic mass is 10.2. The van der Waals surface area contributed by atoms with Gasteiger partial charge in [0.05, 0.1) is 11.5 Å². The molecule has 6 heteroatoms. The van der Waals surface area contributed by atoms with Gasteiger partial charge in [0.1, 0.15) is 5.56 Å². The van der Waals surface area contributed by atoms with Crippen LogP contribution in [-0.4, -0.2) is 17.4 Å². The summed E-state index contributed by atoms with van der Waals surface area (Å²) in [5.41, 5.74) is 0.123. The standard InChI is InChI=1S/C11H9ClN2O3/c1-8(15)13-6-2-3-9-7-10(12)4-5-11(9)14(16)17/h4-5,7H,6H2,1H3,(H,13,15). The summed E-state index contributed by atoms with van der Waals surface area (Å²) in [6, 6.07) is 4.14. The third-order valence-electron chi connectivity index (χ3n) is 1.80. The third-order valence-corrected chi connectivity index (χ3v) is 2.04. The van der Waals surface area contributed by atoms with Gasteiger partial charge in [0.2, 0.25) is 5.91 Å². The molecule has 0 fully saturated rings. The Labute approximate surface area is 103 Å². The second kappa shape index (κ2) is 5.87. The van der Waals surface area contributed by atoms with Gasteiger partial charge in [-0.05, 0) is 12.1 Å². The molecule has 1 aromatic rings. The number of nitro groups is 1. The van der Waals surface area contributed by atoms with Crippen LogP contribution in [0.2, 0.25) is 5.02 Å². The van der Waals surface area contributed by atoms with Crippen molar-refractivity contribution in [2.45, 2.75) is 6.92 Å². The van der Waals surface area contributed by atoms with Crippen LogP contribution in [0.1, 0.15) is 12.5 Å². The Hall–Kier alpha value is -2.06. The third kappa shape index (κ3) is 4.13. The molecule has 1 amide bonds. The molecule has 1 N–H and O–H groups in total. The summed E-state index contributed by atoms with van der Waals surface area (Å²) in [6.07, 6.45) is 0. The molecule has 5 nitrogen and oxygen atoms in total. The number of halogens is 1. The first kappa shape index (κ1) is 13.0. The van der Waals surface area contributed by atoms with Crippen molar-refractivity contribution in [2.24, 2.45) is 0 Å². The van der Waals surface area contributed by atoms with Gasteiger partial charge >= 0.3 is 0 Å². The lowest BCUT2D eigenvalue weighted by molar-refractivity contribution is -0.385. The van der Waals surface area contributed by atoms with Crippen molar-refractivity contribution in [3.63, 3.8) is 0 Å². The first-order valence-corrected chi connectivity index (χ1v) is 5.05. The van der Waals surface area contributed by atoms with Crippen LogP contribution in [-0.2, 0) is 4.79 Å². The van der Waals surface area contributed by atoms with Crippen molar-refractivity contribution < 1.29 is 9.72 Å². The van der Waals surface area contributed by atoms with E-state index in [2.05, 4.69) is 17.2 Å². The normalized spacial score (nSPS) is 9.06. The summed E-state index contributed by atoms with van der Waals surface area (Å²) in [4.78, 5) is 20.7. The predicted molar refractivity (Wildman–Crippen MR) is 63.7 cm³/mol. The molecule has 0 aliphatic heterocycles. The van der Waals surface area contributed by atoms with Gasteiger partial charge in [-0.2, -0.15) is 0 Å². The van der Waals surface area contributed by atoms with Crippen molar-refractivity contribution in [1.82, 2.24) is 5.32 Å². The summed E-state index contributed by atoms with van der Waals surface area (Å²) in [7, 11) is 0. The minimum Gasteiger partial charge on any atom is -0.345 e. The van der Waals surface area contributed by atoms with Crippen molar-refractivity contribution in [3.05, 3.63) is 38.9 Å². The second-order valence-electron chi connectivity index (χ2n) is 3.13. The maximum absolute atomic E-state index is 10.7. The van der Waals surface area contributed by atoms with Crippen LogP contribution in [0.4, 0.5) is 5.69 Å². The van der Waals surface area contributed by atoms with Gasteiger partial charge in [-0.15, -0.1) is 0 Å². The molecule has 1 rings (SSSR count). The average Bonchev–Trinajstić information content (AvgIpc) is 2.23. The highest BCUT2D eigenvalue weighted by Gasteiger charge is 2.11. The fourth-order valence-corrected chi connectivity index (χ4v) is 1.25. The summed E-state index contributed by atoms with van der Waals surface area (Å²) < 4.78 is 0. The van der Waals surface area contributed by atoms with Crippen molar-refractivity contribution in [3.8, 4) is 11.8 Å². The Morgan fingerprint density at radius 2 is 2.29 bits per heavy atom. The smallest absolute Gasteiger partial charge is 0.285 e. The van der Waals surface area contributed by atoms with Crippen molar-refractivity contribution in [2.75, 3.05) is 6.54 Å². The number of nitrogens with one attached hydrogen (secondary N) is 1. The maximum atomic E-state index is 10.7. The molecule has 17 heavy (non-hydrogen) atoms. The van der Waals surface area contributed by atoms with Gasteiger partial charge < -0.3 is 5.32 Å². The highest BCUT2D eigenvalue weighted by Crippen LogP contribution is 2.21. The molecule has 1 aromatic carbocycles. The van der Waals surface area contributed by atoms with E-state index in [1.807, 2.05) is 0 Å². The first-order chi connectivity index (χ1) is 8.00. The van der Waals surface area contributed by atoms with E-state index >= 15 is 0 Å². The molecule has 0 radical (unpaired) electrons. The van der Waals surface area contributed by atoms with Crippen LogP contribution < -0.4 is 5.32 Å². The van der Waals surface area contributed by atoms with E-state index in [1.54, 1.807) is 0 Å². The second-order valence-corrected chi connectivity index (χ2v) is 3.57. The number of hydrogen-bond donors (Lipinski definition) is 1. The minimum atomic E-state index is -0.529. The quantitative estimate of drug-likeness (QED) is 0.495. The van der Waals surface area contributed by atoms with E-state index < -0.39 is 4.92 Å². The van der Waals surface area contributed by atoms with Crippen LogP contribution in [0.25, 0.3) is 0 Å². The van der Waals surface area contributed by atoms with E-state index in [-0.39, 0.29) is 23.7 Å². The van der Waals surface area contributed by atoms with E-state index in [9.17, 15) is 14.9 Å². The number of carbonyl (C=O) groups is 1. The number of benzene rings is 1. The monoisotopic (exact) mass is 252 g/mol. The molecular formula is C11H9ClN2O3. The molecule has 0 aromatic heterocycles. The Morgan fingerprint density at radius 3 is 2.88 bits per heavy atom. The first-order valence-electron chi connectivity index (χ1n) is 4.68. The molecule has 0 atom stereocenters. The summed E-state index contributed by atoms with van der Waals surface area (Å²) >= 11 is 5.72. The summed E-state index contributed by atoms with van der Waals surface area (Å²) in [5, 5.41) is 13.5. The number of nitro benzene ring substituents is 1. The van der Waals surface area contributed by atoms with E-state index in [4.69, 9.17) is 11.6 Å². The molecule has 0 unspecified atom stereocenters. The van der Waals surface area contributed by atoms with Crippen LogP contribution in [0.5, 0.6) is 0 Å². The number of rotatable bonds is 2. The zero-order valence-corrected chi connectivity index (χ0v) is 9.75. The Balaban J connectivity index is 2.92. The van der Waals surface area contributed by atoms with Crippen molar-refractivity contribution >= 4 is 23.2 Å². The SMILES string of the molecule is CC(=O)NCC#Cc1cc(Cl)ccc1[N+](=O)[O-]. The molecule has 0 aliphatic carbocycles. The summed E-state index contributed by atoms with van der Waals surface area (Å²) in [5.74, 6) is 5.00. The fraction of sp³-hybridized carbons (Fsp3) is 0.182. The van der Waals surface area contributed by atoms with Crippen LogP contribution >= 0.6 is 11.6 Å². The van der Waals surface area contributed by atoms with Crippen molar-refractivity contribution in [1.29, 1.82) is 0 Å². The van der Waals surface area contributed by atoms with Gasteiger partial charge in [-0.3, -0.25) is 14.9 Å². The van der Waals surface area contributed by atoms with Gasteiger partial charge in [0.25, 0.3) is 5.69 Å².